The first-order chi connectivity index (χ1) is 12.0. The van der Waals surface area contributed by atoms with E-state index in [1.165, 1.54) is 0 Å². The van der Waals surface area contributed by atoms with Gasteiger partial charge in [0.25, 0.3) is 0 Å². The second-order valence-corrected chi connectivity index (χ2v) is 6.07. The van der Waals surface area contributed by atoms with Crippen LogP contribution in [-0.4, -0.2) is 25.5 Å². The lowest BCUT2D eigenvalue weighted by Crippen LogP contribution is -2.07. The van der Waals surface area contributed by atoms with Crippen LogP contribution >= 0.6 is 0 Å². The van der Waals surface area contributed by atoms with E-state index in [0.29, 0.717) is 22.6 Å². The number of nitrogen functional groups attached to an aromatic ring is 1. The Hall–Kier alpha value is -3.41. The number of aromatic nitrogens is 4. The molecule has 0 fully saturated rings. The number of aryl methyl sites for hydroxylation is 2. The maximum absolute atomic E-state index is 12.9. The largest absolute Gasteiger partial charge is 0.399 e. The first-order valence-electron chi connectivity index (χ1n) is 7.91. The molecule has 3 aromatic heterocycles. The van der Waals surface area contributed by atoms with Gasteiger partial charge < -0.3 is 10.7 Å². The maximum atomic E-state index is 12.9. The number of nitrogens with zero attached hydrogens (tertiary/aromatic N) is 3. The van der Waals surface area contributed by atoms with Crippen molar-refractivity contribution in [2.45, 2.75) is 6.92 Å². The first kappa shape index (κ1) is 15.1. The molecule has 3 N–H and O–H groups in total. The number of pyridine rings is 1. The van der Waals surface area contributed by atoms with E-state index in [4.69, 9.17) is 5.73 Å². The van der Waals surface area contributed by atoms with Gasteiger partial charge in [-0.1, -0.05) is 12.1 Å². The Balaban J connectivity index is 1.84. The lowest BCUT2D eigenvalue weighted by atomic mass is 10.0. The van der Waals surface area contributed by atoms with E-state index in [0.717, 1.165) is 22.2 Å². The second-order valence-electron chi connectivity index (χ2n) is 6.07. The van der Waals surface area contributed by atoms with Crippen molar-refractivity contribution in [1.29, 1.82) is 0 Å². The zero-order valence-corrected chi connectivity index (χ0v) is 13.9. The Bertz CT molecular complexity index is 1110. The molecule has 4 aromatic rings. The number of carbonyl (C=O) groups excluding carboxylic acids is 1. The molecule has 6 heteroatoms. The molecule has 6 nitrogen and oxygen atoms in total. The molecule has 4 rings (SSSR count). The number of fused-ring (bicyclic) bond motifs is 1. The van der Waals surface area contributed by atoms with E-state index in [2.05, 4.69) is 15.1 Å². The lowest BCUT2D eigenvalue weighted by molar-refractivity contribution is 0.103. The molecule has 0 saturated heterocycles. The number of nitrogens with one attached hydrogen (secondary N) is 1. The molecule has 0 radical (unpaired) electrons. The topological polar surface area (TPSA) is 89.6 Å². The summed E-state index contributed by atoms with van der Waals surface area (Å²) in [5, 5.41) is 5.03. The van der Waals surface area contributed by atoms with Crippen molar-refractivity contribution in [3.63, 3.8) is 0 Å². The first-order valence-corrected chi connectivity index (χ1v) is 7.91. The van der Waals surface area contributed by atoms with Gasteiger partial charge >= 0.3 is 0 Å². The van der Waals surface area contributed by atoms with Crippen molar-refractivity contribution in [3.8, 4) is 11.1 Å². The van der Waals surface area contributed by atoms with E-state index < -0.39 is 0 Å². The number of anilines is 1. The predicted octanol–water partition coefficient (Wildman–Crippen LogP) is 3.09. The summed E-state index contributed by atoms with van der Waals surface area (Å²) in [5.41, 5.74) is 11.0. The predicted molar refractivity (Wildman–Crippen MR) is 97.3 cm³/mol. The molecule has 0 aliphatic rings. The van der Waals surface area contributed by atoms with E-state index in [1.807, 2.05) is 37.3 Å². The average molecular weight is 331 g/mol. The molecule has 124 valence electrons. The number of carbonyl (C=O) groups is 1. The monoisotopic (exact) mass is 331 g/mol. The van der Waals surface area contributed by atoms with Crippen LogP contribution in [0, 0.1) is 6.92 Å². The van der Waals surface area contributed by atoms with Crippen molar-refractivity contribution in [2.75, 3.05) is 5.73 Å². The zero-order chi connectivity index (χ0) is 17.6. The quantitative estimate of drug-likeness (QED) is 0.446. The Morgan fingerprint density at radius 3 is 2.76 bits per heavy atom. The summed E-state index contributed by atoms with van der Waals surface area (Å²) < 4.78 is 1.60. The van der Waals surface area contributed by atoms with Gasteiger partial charge in [-0.2, -0.15) is 5.10 Å². The summed E-state index contributed by atoms with van der Waals surface area (Å²) >= 11 is 0. The Labute approximate surface area is 144 Å². The number of nitrogens with two attached hydrogens (primary N) is 1. The molecule has 0 saturated carbocycles. The molecular formula is C19H17N5O. The molecule has 1 aromatic carbocycles. The Kier molecular flexibility index (Phi) is 3.39. The van der Waals surface area contributed by atoms with Crippen molar-refractivity contribution in [3.05, 3.63) is 65.7 Å². The van der Waals surface area contributed by atoms with Crippen LogP contribution in [0.15, 0.2) is 48.8 Å². The van der Waals surface area contributed by atoms with Crippen LogP contribution in [0.25, 0.3) is 22.2 Å². The molecule has 0 aliphatic carbocycles. The molecule has 25 heavy (non-hydrogen) atoms. The standard InChI is InChI=1S/C19H17N5O/c1-11-6-17(24(2)23-11)18(25)16-10-22-19-15(16)8-13(9-21-19)12-4-3-5-14(20)7-12/h3-10H,20H2,1-2H3,(H,21,22). The molecule has 0 spiro atoms. The van der Waals surface area contributed by atoms with E-state index in [1.54, 1.807) is 30.2 Å². The fourth-order valence-electron chi connectivity index (χ4n) is 3.03. The second kappa shape index (κ2) is 5.59. The molecule has 0 bridgehead atoms. The maximum Gasteiger partial charge on any atom is 0.213 e. The van der Waals surface area contributed by atoms with Crippen molar-refractivity contribution in [2.24, 2.45) is 7.05 Å². The van der Waals surface area contributed by atoms with Crippen LogP contribution in [0.5, 0.6) is 0 Å². The van der Waals surface area contributed by atoms with Gasteiger partial charge in [0.2, 0.25) is 5.78 Å². The summed E-state index contributed by atoms with van der Waals surface area (Å²) in [5.74, 6) is -0.0825. The SMILES string of the molecule is Cc1cc(C(=O)c2c[nH]c3ncc(-c4cccc(N)c4)cc23)n(C)n1. The molecule has 0 amide bonds. The van der Waals surface area contributed by atoms with Crippen LogP contribution in [0.4, 0.5) is 5.69 Å². The van der Waals surface area contributed by atoms with Crippen LogP contribution in [0.3, 0.4) is 0 Å². The zero-order valence-electron chi connectivity index (χ0n) is 13.9. The summed E-state index contributed by atoms with van der Waals surface area (Å²) in [6.45, 7) is 1.87. The van der Waals surface area contributed by atoms with Crippen LogP contribution < -0.4 is 5.73 Å². The minimum absolute atomic E-state index is 0.0825. The minimum atomic E-state index is -0.0825. The number of H-pyrrole nitrogens is 1. The third-order valence-corrected chi connectivity index (χ3v) is 4.23. The van der Waals surface area contributed by atoms with E-state index in [9.17, 15) is 4.79 Å². The van der Waals surface area contributed by atoms with Gasteiger partial charge in [0.15, 0.2) is 0 Å². The summed E-state index contributed by atoms with van der Waals surface area (Å²) in [4.78, 5) is 20.4. The average Bonchev–Trinajstić information content (AvgIpc) is 3.16. The van der Waals surface area contributed by atoms with Crippen molar-refractivity contribution in [1.82, 2.24) is 19.7 Å². The summed E-state index contributed by atoms with van der Waals surface area (Å²) in [7, 11) is 1.77. The van der Waals surface area contributed by atoms with Crippen molar-refractivity contribution < 1.29 is 4.79 Å². The molecule has 0 aliphatic heterocycles. The third kappa shape index (κ3) is 2.57. The highest BCUT2D eigenvalue weighted by Gasteiger charge is 2.19. The fourth-order valence-corrected chi connectivity index (χ4v) is 3.03. The van der Waals surface area contributed by atoms with E-state index >= 15 is 0 Å². The van der Waals surface area contributed by atoms with Gasteiger partial charge in [-0.15, -0.1) is 0 Å². The molecule has 0 unspecified atom stereocenters. The lowest BCUT2D eigenvalue weighted by Gasteiger charge is -2.04. The Morgan fingerprint density at radius 2 is 2.04 bits per heavy atom. The van der Waals surface area contributed by atoms with Gasteiger partial charge in [-0.3, -0.25) is 9.48 Å². The number of hydrogen-bond acceptors (Lipinski definition) is 4. The van der Waals surface area contributed by atoms with Crippen LogP contribution in [0.2, 0.25) is 0 Å². The molecule has 0 atom stereocenters. The molecular weight excluding hydrogens is 314 g/mol. The van der Waals surface area contributed by atoms with Crippen molar-refractivity contribution >= 4 is 22.5 Å². The van der Waals surface area contributed by atoms with Gasteiger partial charge in [0.1, 0.15) is 11.3 Å². The third-order valence-electron chi connectivity index (χ3n) is 4.23. The number of aromatic amines is 1. The summed E-state index contributed by atoms with van der Waals surface area (Å²) in [6, 6.07) is 11.3. The highest BCUT2D eigenvalue weighted by atomic mass is 16.1. The summed E-state index contributed by atoms with van der Waals surface area (Å²) in [6.07, 6.45) is 3.47. The minimum Gasteiger partial charge on any atom is -0.399 e. The van der Waals surface area contributed by atoms with Gasteiger partial charge in [-0.25, -0.2) is 4.98 Å². The Morgan fingerprint density at radius 1 is 1.20 bits per heavy atom. The number of ketones is 1. The number of benzene rings is 1. The van der Waals surface area contributed by atoms with Gasteiger partial charge in [0.05, 0.1) is 11.3 Å². The number of rotatable bonds is 3. The van der Waals surface area contributed by atoms with Gasteiger partial charge in [0, 0.05) is 36.1 Å². The van der Waals surface area contributed by atoms with Gasteiger partial charge in [-0.05, 0) is 36.8 Å². The normalized spacial score (nSPS) is 11.1. The van der Waals surface area contributed by atoms with Crippen LogP contribution in [0.1, 0.15) is 21.7 Å². The smallest absolute Gasteiger partial charge is 0.213 e. The van der Waals surface area contributed by atoms with Crippen LogP contribution in [-0.2, 0) is 7.05 Å². The number of hydrogen-bond donors (Lipinski definition) is 2. The highest BCUT2D eigenvalue weighted by molar-refractivity contribution is 6.15. The fraction of sp³-hybridized carbons (Fsp3) is 0.105. The highest BCUT2D eigenvalue weighted by Crippen LogP contribution is 2.27. The van der Waals surface area contributed by atoms with E-state index in [-0.39, 0.29) is 5.78 Å². The molecule has 3 heterocycles.